The Morgan fingerprint density at radius 3 is 2.67 bits per heavy atom. The summed E-state index contributed by atoms with van der Waals surface area (Å²) in [5.41, 5.74) is 1.18. The highest BCUT2D eigenvalue weighted by Gasteiger charge is 2.24. The first-order chi connectivity index (χ1) is 10.2. The Morgan fingerprint density at radius 1 is 1.19 bits per heavy atom. The number of para-hydroxylation sites is 1. The molecule has 0 spiro atoms. The number of piperidine rings is 1. The predicted octanol–water partition coefficient (Wildman–Crippen LogP) is 2.85. The number of piperazine rings is 1. The highest BCUT2D eigenvalue weighted by molar-refractivity contribution is 6.33. The van der Waals surface area contributed by atoms with E-state index in [0.29, 0.717) is 6.04 Å². The molecule has 2 saturated heterocycles. The van der Waals surface area contributed by atoms with Crippen molar-refractivity contribution in [3.05, 3.63) is 29.3 Å². The topological polar surface area (TPSA) is 18.5 Å². The second kappa shape index (κ2) is 6.99. The maximum absolute atomic E-state index is 6.30. The highest BCUT2D eigenvalue weighted by Crippen LogP contribution is 2.26. The lowest BCUT2D eigenvalue weighted by Gasteiger charge is -2.39. The molecule has 0 aromatic heterocycles. The van der Waals surface area contributed by atoms with Gasteiger partial charge in [0.15, 0.2) is 0 Å². The monoisotopic (exact) mass is 307 g/mol. The molecule has 2 unspecified atom stereocenters. The van der Waals surface area contributed by atoms with Gasteiger partial charge in [-0.2, -0.15) is 0 Å². The normalized spacial score (nSPS) is 27.8. The van der Waals surface area contributed by atoms with E-state index in [9.17, 15) is 0 Å². The van der Waals surface area contributed by atoms with Gasteiger partial charge in [0.05, 0.1) is 10.7 Å². The van der Waals surface area contributed by atoms with Gasteiger partial charge in [-0.15, -0.1) is 0 Å². The number of benzene rings is 1. The van der Waals surface area contributed by atoms with Crippen LogP contribution in [0.15, 0.2) is 24.3 Å². The second-order valence-electron chi connectivity index (χ2n) is 6.52. The SMILES string of the molecule is CC1CCNC(CN2CCN(c3ccccc3Cl)CC2)C1. The van der Waals surface area contributed by atoms with E-state index in [1.807, 2.05) is 12.1 Å². The summed E-state index contributed by atoms with van der Waals surface area (Å²) >= 11 is 6.30. The summed E-state index contributed by atoms with van der Waals surface area (Å²) in [6, 6.07) is 8.86. The number of hydrogen-bond donors (Lipinski definition) is 1. The molecule has 0 aliphatic carbocycles. The molecule has 116 valence electrons. The lowest BCUT2D eigenvalue weighted by atomic mass is 9.94. The van der Waals surface area contributed by atoms with Crippen LogP contribution in [0.25, 0.3) is 0 Å². The molecule has 21 heavy (non-hydrogen) atoms. The minimum Gasteiger partial charge on any atom is -0.368 e. The third-order valence-electron chi connectivity index (χ3n) is 4.80. The summed E-state index contributed by atoms with van der Waals surface area (Å²) < 4.78 is 0. The van der Waals surface area contributed by atoms with E-state index < -0.39 is 0 Å². The van der Waals surface area contributed by atoms with Crippen molar-refractivity contribution in [2.75, 3.05) is 44.2 Å². The first-order valence-corrected chi connectivity index (χ1v) is 8.55. The molecule has 3 rings (SSSR count). The molecule has 1 N–H and O–H groups in total. The number of nitrogens with zero attached hydrogens (tertiary/aromatic N) is 2. The zero-order valence-electron chi connectivity index (χ0n) is 12.9. The van der Waals surface area contributed by atoms with Gasteiger partial charge in [-0.1, -0.05) is 30.7 Å². The summed E-state index contributed by atoms with van der Waals surface area (Å²) in [7, 11) is 0. The van der Waals surface area contributed by atoms with Gasteiger partial charge >= 0.3 is 0 Å². The van der Waals surface area contributed by atoms with Gasteiger partial charge in [0.25, 0.3) is 0 Å². The smallest absolute Gasteiger partial charge is 0.0639 e. The van der Waals surface area contributed by atoms with Crippen LogP contribution in [-0.2, 0) is 0 Å². The Bertz CT molecular complexity index is 457. The molecule has 0 bridgehead atoms. The van der Waals surface area contributed by atoms with E-state index in [4.69, 9.17) is 11.6 Å². The third-order valence-corrected chi connectivity index (χ3v) is 5.12. The van der Waals surface area contributed by atoms with Crippen LogP contribution < -0.4 is 10.2 Å². The minimum atomic E-state index is 0.681. The van der Waals surface area contributed by atoms with Crippen LogP contribution in [0.5, 0.6) is 0 Å². The van der Waals surface area contributed by atoms with Crippen LogP contribution in [0.1, 0.15) is 19.8 Å². The molecule has 2 aliphatic heterocycles. The van der Waals surface area contributed by atoms with E-state index >= 15 is 0 Å². The van der Waals surface area contributed by atoms with E-state index in [0.717, 1.165) is 37.1 Å². The minimum absolute atomic E-state index is 0.681. The van der Waals surface area contributed by atoms with Crippen molar-refractivity contribution < 1.29 is 0 Å². The molecule has 0 amide bonds. The molecule has 2 heterocycles. The van der Waals surface area contributed by atoms with Crippen LogP contribution in [-0.4, -0.2) is 50.2 Å². The standard InChI is InChI=1S/C17H26ClN3/c1-14-6-7-19-15(12-14)13-20-8-10-21(11-9-20)17-5-3-2-4-16(17)18/h2-5,14-15,19H,6-13H2,1H3. The first kappa shape index (κ1) is 15.1. The molecule has 4 heteroatoms. The van der Waals surface area contributed by atoms with Crippen LogP contribution in [0.4, 0.5) is 5.69 Å². The number of rotatable bonds is 3. The molecule has 2 atom stereocenters. The average Bonchev–Trinajstić information content (AvgIpc) is 2.49. The average molecular weight is 308 g/mol. The van der Waals surface area contributed by atoms with Gasteiger partial charge in [-0.05, 0) is 37.4 Å². The lowest BCUT2D eigenvalue weighted by Crippen LogP contribution is -2.52. The van der Waals surface area contributed by atoms with Crippen LogP contribution in [0.2, 0.25) is 5.02 Å². The fourth-order valence-electron chi connectivity index (χ4n) is 3.55. The summed E-state index contributed by atoms with van der Waals surface area (Å²) in [5.74, 6) is 0.876. The largest absolute Gasteiger partial charge is 0.368 e. The van der Waals surface area contributed by atoms with E-state index in [1.165, 1.54) is 31.6 Å². The van der Waals surface area contributed by atoms with Crippen molar-refractivity contribution in [1.82, 2.24) is 10.2 Å². The Labute approximate surface area is 133 Å². The molecular weight excluding hydrogens is 282 g/mol. The molecular formula is C17H26ClN3. The van der Waals surface area contributed by atoms with Crippen molar-refractivity contribution >= 4 is 17.3 Å². The van der Waals surface area contributed by atoms with Crippen molar-refractivity contribution in [2.24, 2.45) is 5.92 Å². The quantitative estimate of drug-likeness (QED) is 0.926. The van der Waals surface area contributed by atoms with Crippen LogP contribution >= 0.6 is 11.6 Å². The second-order valence-corrected chi connectivity index (χ2v) is 6.93. The van der Waals surface area contributed by atoms with Crippen molar-refractivity contribution in [3.8, 4) is 0 Å². The summed E-state index contributed by atoms with van der Waals surface area (Å²) in [6.07, 6.45) is 2.65. The van der Waals surface area contributed by atoms with E-state index in [1.54, 1.807) is 0 Å². The Morgan fingerprint density at radius 2 is 1.95 bits per heavy atom. The molecule has 2 fully saturated rings. The van der Waals surface area contributed by atoms with Gasteiger partial charge in [0, 0.05) is 38.8 Å². The number of nitrogens with one attached hydrogen (secondary N) is 1. The maximum atomic E-state index is 6.30. The zero-order valence-corrected chi connectivity index (χ0v) is 13.6. The fraction of sp³-hybridized carbons (Fsp3) is 0.647. The van der Waals surface area contributed by atoms with Crippen molar-refractivity contribution in [1.29, 1.82) is 0 Å². The zero-order chi connectivity index (χ0) is 14.7. The Balaban J connectivity index is 1.50. The summed E-state index contributed by atoms with van der Waals surface area (Å²) in [5, 5.41) is 4.54. The number of anilines is 1. The molecule has 2 aliphatic rings. The molecule has 0 saturated carbocycles. The maximum Gasteiger partial charge on any atom is 0.0639 e. The lowest BCUT2D eigenvalue weighted by molar-refractivity contribution is 0.198. The van der Waals surface area contributed by atoms with Crippen molar-refractivity contribution in [3.63, 3.8) is 0 Å². The Hall–Kier alpha value is -0.770. The van der Waals surface area contributed by atoms with Gasteiger partial charge in [-0.25, -0.2) is 0 Å². The molecule has 1 aromatic rings. The van der Waals surface area contributed by atoms with Gasteiger partial charge in [-0.3, -0.25) is 4.90 Å². The highest BCUT2D eigenvalue weighted by atomic mass is 35.5. The number of hydrogen-bond acceptors (Lipinski definition) is 3. The van der Waals surface area contributed by atoms with Gasteiger partial charge in [0.1, 0.15) is 0 Å². The van der Waals surface area contributed by atoms with Crippen molar-refractivity contribution in [2.45, 2.75) is 25.8 Å². The molecule has 3 nitrogen and oxygen atoms in total. The van der Waals surface area contributed by atoms with E-state index in [-0.39, 0.29) is 0 Å². The predicted molar refractivity (Wildman–Crippen MR) is 90.3 cm³/mol. The fourth-order valence-corrected chi connectivity index (χ4v) is 3.81. The van der Waals surface area contributed by atoms with Gasteiger partial charge < -0.3 is 10.2 Å². The van der Waals surface area contributed by atoms with Gasteiger partial charge in [0.2, 0.25) is 0 Å². The van der Waals surface area contributed by atoms with E-state index in [2.05, 4.69) is 34.2 Å². The summed E-state index contributed by atoms with van der Waals surface area (Å²) in [6.45, 7) is 9.18. The van der Waals surface area contributed by atoms with Crippen LogP contribution in [0, 0.1) is 5.92 Å². The summed E-state index contributed by atoms with van der Waals surface area (Å²) in [4.78, 5) is 5.01. The molecule has 1 aromatic carbocycles. The third kappa shape index (κ3) is 3.91. The first-order valence-electron chi connectivity index (χ1n) is 8.17. The molecule has 0 radical (unpaired) electrons. The Kier molecular flexibility index (Phi) is 5.04. The van der Waals surface area contributed by atoms with Crippen LogP contribution in [0.3, 0.4) is 0 Å². The number of halogens is 1.